The summed E-state index contributed by atoms with van der Waals surface area (Å²) in [5.41, 5.74) is -1.23. The summed E-state index contributed by atoms with van der Waals surface area (Å²) in [6.45, 7) is 7.05. The fourth-order valence-electron chi connectivity index (χ4n) is 1.74. The van der Waals surface area contributed by atoms with E-state index < -0.39 is 17.4 Å². The molecule has 1 aliphatic rings. The van der Waals surface area contributed by atoms with Gasteiger partial charge in [-0.05, 0) is 40.5 Å². The molecule has 0 N–H and O–H groups in total. The van der Waals surface area contributed by atoms with Crippen LogP contribution in [0, 0.1) is 5.41 Å². The van der Waals surface area contributed by atoms with Gasteiger partial charge in [-0.15, -0.1) is 0 Å². The molecular weight excluding hydrogens is 220 g/mol. The predicted molar refractivity (Wildman–Crippen MR) is 63.3 cm³/mol. The molecule has 0 bridgehead atoms. The second-order valence-corrected chi connectivity index (χ2v) is 4.82. The standard InChI is InChI=1S/C13H20O4/c1-9(2)16-11(14)13(7-5-6-8-13)12(15)17-10(3)4/h5,7,9-10H,6,8H2,1-4H3. The number of ether oxygens (including phenoxy) is 2. The van der Waals surface area contributed by atoms with E-state index in [0.717, 1.165) is 0 Å². The Balaban J connectivity index is 2.86. The maximum Gasteiger partial charge on any atom is 0.327 e. The third-order valence-electron chi connectivity index (χ3n) is 2.52. The number of hydrogen-bond donors (Lipinski definition) is 0. The molecule has 0 aromatic heterocycles. The summed E-state index contributed by atoms with van der Waals surface area (Å²) in [4.78, 5) is 24.1. The Hall–Kier alpha value is -1.32. The highest BCUT2D eigenvalue weighted by atomic mass is 16.6. The van der Waals surface area contributed by atoms with Gasteiger partial charge in [0.2, 0.25) is 0 Å². The number of hydrogen-bond acceptors (Lipinski definition) is 4. The molecule has 0 saturated carbocycles. The molecule has 4 heteroatoms. The maximum atomic E-state index is 12.0. The molecule has 0 spiro atoms. The molecule has 0 amide bonds. The van der Waals surface area contributed by atoms with E-state index in [0.29, 0.717) is 12.8 Å². The number of esters is 2. The summed E-state index contributed by atoms with van der Waals surface area (Å²) < 4.78 is 10.3. The van der Waals surface area contributed by atoms with Gasteiger partial charge in [0.15, 0.2) is 5.41 Å². The van der Waals surface area contributed by atoms with E-state index in [1.54, 1.807) is 33.8 Å². The average Bonchev–Trinajstić information content (AvgIpc) is 2.64. The normalized spacial score (nSPS) is 17.5. The molecule has 96 valence electrons. The molecule has 0 heterocycles. The molecule has 0 aliphatic heterocycles. The van der Waals surface area contributed by atoms with Crippen LogP contribution in [0.3, 0.4) is 0 Å². The first kappa shape index (κ1) is 13.7. The third-order valence-corrected chi connectivity index (χ3v) is 2.52. The molecule has 0 aromatic rings. The van der Waals surface area contributed by atoms with Crippen molar-refractivity contribution in [2.45, 2.75) is 52.7 Å². The van der Waals surface area contributed by atoms with E-state index in [1.807, 2.05) is 6.08 Å². The smallest absolute Gasteiger partial charge is 0.327 e. The van der Waals surface area contributed by atoms with E-state index in [9.17, 15) is 9.59 Å². The molecule has 1 rings (SSSR count). The van der Waals surface area contributed by atoms with Gasteiger partial charge in [0.25, 0.3) is 0 Å². The predicted octanol–water partition coefficient (Wildman–Crippen LogP) is 2.23. The summed E-state index contributed by atoms with van der Waals surface area (Å²) in [7, 11) is 0. The van der Waals surface area contributed by atoms with Crippen LogP contribution in [0.25, 0.3) is 0 Å². The van der Waals surface area contributed by atoms with Crippen molar-refractivity contribution in [1.29, 1.82) is 0 Å². The first-order valence-corrected chi connectivity index (χ1v) is 5.98. The lowest BCUT2D eigenvalue weighted by molar-refractivity contribution is -0.172. The van der Waals surface area contributed by atoms with Crippen LogP contribution >= 0.6 is 0 Å². The highest BCUT2D eigenvalue weighted by Crippen LogP contribution is 2.35. The van der Waals surface area contributed by atoms with Crippen LogP contribution in [0.1, 0.15) is 40.5 Å². The zero-order valence-electron chi connectivity index (χ0n) is 10.9. The molecular formula is C13H20O4. The van der Waals surface area contributed by atoms with E-state index in [2.05, 4.69) is 0 Å². The Kier molecular flexibility index (Phi) is 4.32. The van der Waals surface area contributed by atoms with Crippen LogP contribution in [-0.2, 0) is 19.1 Å². The average molecular weight is 240 g/mol. The van der Waals surface area contributed by atoms with Crippen molar-refractivity contribution in [2.24, 2.45) is 5.41 Å². The second kappa shape index (κ2) is 5.34. The van der Waals surface area contributed by atoms with Gasteiger partial charge in [0, 0.05) is 0 Å². The minimum Gasteiger partial charge on any atom is -0.462 e. The van der Waals surface area contributed by atoms with Gasteiger partial charge in [-0.25, -0.2) is 0 Å². The molecule has 4 nitrogen and oxygen atoms in total. The van der Waals surface area contributed by atoms with Gasteiger partial charge in [-0.1, -0.05) is 12.2 Å². The van der Waals surface area contributed by atoms with E-state index in [1.165, 1.54) is 0 Å². The van der Waals surface area contributed by atoms with Gasteiger partial charge >= 0.3 is 11.9 Å². The molecule has 17 heavy (non-hydrogen) atoms. The minimum absolute atomic E-state index is 0.236. The van der Waals surface area contributed by atoms with Crippen molar-refractivity contribution in [3.8, 4) is 0 Å². The zero-order valence-corrected chi connectivity index (χ0v) is 10.9. The fraction of sp³-hybridized carbons (Fsp3) is 0.692. The number of carbonyl (C=O) groups is 2. The largest absolute Gasteiger partial charge is 0.462 e. The Morgan fingerprint density at radius 3 is 1.82 bits per heavy atom. The quantitative estimate of drug-likeness (QED) is 0.429. The first-order valence-electron chi connectivity index (χ1n) is 5.98. The van der Waals surface area contributed by atoms with E-state index >= 15 is 0 Å². The van der Waals surface area contributed by atoms with Gasteiger partial charge in [0.05, 0.1) is 12.2 Å². The summed E-state index contributed by atoms with van der Waals surface area (Å²) in [6.07, 6.45) is 4.09. The highest BCUT2D eigenvalue weighted by Gasteiger charge is 2.48. The van der Waals surface area contributed by atoms with Gasteiger partial charge < -0.3 is 9.47 Å². The summed E-state index contributed by atoms with van der Waals surface area (Å²) >= 11 is 0. The fourth-order valence-corrected chi connectivity index (χ4v) is 1.74. The second-order valence-electron chi connectivity index (χ2n) is 4.82. The van der Waals surface area contributed by atoms with Crippen LogP contribution in [0.4, 0.5) is 0 Å². The lowest BCUT2D eigenvalue weighted by atomic mass is 9.87. The minimum atomic E-state index is -1.23. The van der Waals surface area contributed by atoms with Crippen molar-refractivity contribution >= 4 is 11.9 Å². The number of rotatable bonds is 4. The van der Waals surface area contributed by atoms with Crippen molar-refractivity contribution in [2.75, 3.05) is 0 Å². The first-order chi connectivity index (χ1) is 7.88. The monoisotopic (exact) mass is 240 g/mol. The Morgan fingerprint density at radius 1 is 1.06 bits per heavy atom. The zero-order chi connectivity index (χ0) is 13.1. The maximum absolute atomic E-state index is 12.0. The molecule has 0 aromatic carbocycles. The molecule has 0 saturated heterocycles. The lowest BCUT2D eigenvalue weighted by Crippen LogP contribution is -2.40. The SMILES string of the molecule is CC(C)OC(=O)C1(C(=O)OC(C)C)C=CCC1. The van der Waals surface area contributed by atoms with Crippen molar-refractivity contribution in [1.82, 2.24) is 0 Å². The van der Waals surface area contributed by atoms with Gasteiger partial charge in [-0.3, -0.25) is 9.59 Å². The Morgan fingerprint density at radius 2 is 1.53 bits per heavy atom. The van der Waals surface area contributed by atoms with Crippen molar-refractivity contribution in [3.63, 3.8) is 0 Å². The third kappa shape index (κ3) is 3.08. The number of allylic oxidation sites excluding steroid dienone is 1. The van der Waals surface area contributed by atoms with Crippen LogP contribution in [-0.4, -0.2) is 24.1 Å². The van der Waals surface area contributed by atoms with E-state index in [-0.39, 0.29) is 12.2 Å². The Bertz CT molecular complexity index is 306. The Labute approximate surface area is 102 Å². The molecule has 1 aliphatic carbocycles. The van der Waals surface area contributed by atoms with Gasteiger partial charge in [-0.2, -0.15) is 0 Å². The van der Waals surface area contributed by atoms with Crippen molar-refractivity contribution < 1.29 is 19.1 Å². The molecule has 0 atom stereocenters. The molecule has 0 unspecified atom stereocenters. The van der Waals surface area contributed by atoms with E-state index in [4.69, 9.17) is 9.47 Å². The highest BCUT2D eigenvalue weighted by molar-refractivity contribution is 6.02. The topological polar surface area (TPSA) is 52.6 Å². The van der Waals surface area contributed by atoms with Gasteiger partial charge in [0.1, 0.15) is 0 Å². The summed E-state index contributed by atoms with van der Waals surface area (Å²) in [5, 5.41) is 0. The number of carbonyl (C=O) groups excluding carboxylic acids is 2. The van der Waals surface area contributed by atoms with Crippen LogP contribution in [0.15, 0.2) is 12.2 Å². The van der Waals surface area contributed by atoms with Crippen LogP contribution < -0.4 is 0 Å². The lowest BCUT2D eigenvalue weighted by Gasteiger charge is -2.25. The summed E-state index contributed by atoms with van der Waals surface area (Å²) in [5.74, 6) is -1.02. The van der Waals surface area contributed by atoms with Crippen LogP contribution in [0.5, 0.6) is 0 Å². The van der Waals surface area contributed by atoms with Crippen LogP contribution in [0.2, 0.25) is 0 Å². The molecule has 0 fully saturated rings. The summed E-state index contributed by atoms with van der Waals surface area (Å²) in [6, 6.07) is 0. The van der Waals surface area contributed by atoms with Crippen molar-refractivity contribution in [3.05, 3.63) is 12.2 Å². The molecule has 0 radical (unpaired) electrons.